The third-order valence-corrected chi connectivity index (χ3v) is 3.81. The smallest absolute Gasteiger partial charge is 0.0135 e. The fourth-order valence-electron chi connectivity index (χ4n) is 3.09. The highest BCUT2D eigenvalue weighted by atomic mass is 15.1. The van der Waals surface area contributed by atoms with Crippen LogP contribution in [0.1, 0.15) is 47.0 Å². The highest BCUT2D eigenvalue weighted by molar-refractivity contribution is 4.86. The molecule has 1 saturated carbocycles. The van der Waals surface area contributed by atoms with Crippen molar-refractivity contribution in [1.29, 1.82) is 0 Å². The molecular formula is C14H30N2. The molecule has 0 spiro atoms. The van der Waals surface area contributed by atoms with E-state index < -0.39 is 0 Å². The Morgan fingerprint density at radius 3 is 2.38 bits per heavy atom. The molecule has 0 aromatic rings. The molecule has 96 valence electrons. The van der Waals surface area contributed by atoms with E-state index in [0.29, 0.717) is 17.4 Å². The van der Waals surface area contributed by atoms with Gasteiger partial charge in [0.1, 0.15) is 0 Å². The molecule has 0 aromatic heterocycles. The third kappa shape index (κ3) is 4.06. The van der Waals surface area contributed by atoms with Crippen LogP contribution in [-0.4, -0.2) is 31.1 Å². The Kier molecular flexibility index (Phi) is 4.81. The van der Waals surface area contributed by atoms with Gasteiger partial charge in [0.25, 0.3) is 0 Å². The van der Waals surface area contributed by atoms with E-state index in [-0.39, 0.29) is 0 Å². The summed E-state index contributed by atoms with van der Waals surface area (Å²) in [6.07, 6.45) is 4.01. The average Bonchev–Trinajstić information content (AvgIpc) is 2.15. The van der Waals surface area contributed by atoms with E-state index in [4.69, 9.17) is 5.73 Å². The highest BCUT2D eigenvalue weighted by Crippen LogP contribution is 2.32. The van der Waals surface area contributed by atoms with Gasteiger partial charge >= 0.3 is 0 Å². The molecule has 0 aliphatic heterocycles. The van der Waals surface area contributed by atoms with Crippen LogP contribution in [0.5, 0.6) is 0 Å². The van der Waals surface area contributed by atoms with Gasteiger partial charge in [0.15, 0.2) is 0 Å². The fourth-order valence-corrected chi connectivity index (χ4v) is 3.09. The van der Waals surface area contributed by atoms with Gasteiger partial charge in [-0.1, -0.05) is 34.1 Å². The van der Waals surface area contributed by atoms with Crippen LogP contribution in [-0.2, 0) is 0 Å². The van der Waals surface area contributed by atoms with E-state index in [2.05, 4.69) is 39.6 Å². The van der Waals surface area contributed by atoms with Crippen LogP contribution < -0.4 is 5.73 Å². The fraction of sp³-hybridized carbons (Fsp3) is 1.00. The van der Waals surface area contributed by atoms with Crippen LogP contribution in [0.15, 0.2) is 0 Å². The minimum absolute atomic E-state index is 0.384. The Hall–Kier alpha value is -0.0800. The Bertz CT molecular complexity index is 207. The summed E-state index contributed by atoms with van der Waals surface area (Å²) in [7, 11) is 2.27. The minimum Gasteiger partial charge on any atom is -0.330 e. The van der Waals surface area contributed by atoms with Crippen molar-refractivity contribution < 1.29 is 0 Å². The standard InChI is InChI=1S/C14H30N2/c1-11-6-7-12(9-15)13(8-11)16(5)10-14(2,3)4/h11-13H,6-10,15H2,1-5H3. The molecule has 2 nitrogen and oxygen atoms in total. The first-order valence-electron chi connectivity index (χ1n) is 6.74. The van der Waals surface area contributed by atoms with Crippen molar-refractivity contribution in [3.63, 3.8) is 0 Å². The predicted molar refractivity (Wildman–Crippen MR) is 71.4 cm³/mol. The van der Waals surface area contributed by atoms with Crippen LogP contribution in [0.3, 0.4) is 0 Å². The lowest BCUT2D eigenvalue weighted by Crippen LogP contribution is -2.47. The first kappa shape index (κ1) is 14.0. The highest BCUT2D eigenvalue weighted by Gasteiger charge is 2.31. The van der Waals surface area contributed by atoms with Crippen molar-refractivity contribution in [2.24, 2.45) is 23.0 Å². The Morgan fingerprint density at radius 2 is 1.88 bits per heavy atom. The summed E-state index contributed by atoms with van der Waals surface area (Å²) in [5, 5.41) is 0. The molecule has 0 aromatic carbocycles. The van der Waals surface area contributed by atoms with Crippen molar-refractivity contribution in [2.75, 3.05) is 20.1 Å². The Labute approximate surface area is 102 Å². The first-order valence-corrected chi connectivity index (χ1v) is 6.74. The maximum atomic E-state index is 5.91. The second kappa shape index (κ2) is 5.50. The summed E-state index contributed by atoms with van der Waals surface area (Å²) in [5.74, 6) is 1.58. The molecule has 0 radical (unpaired) electrons. The van der Waals surface area contributed by atoms with E-state index in [1.54, 1.807) is 0 Å². The number of hydrogen-bond acceptors (Lipinski definition) is 2. The van der Waals surface area contributed by atoms with E-state index in [1.807, 2.05) is 0 Å². The van der Waals surface area contributed by atoms with Gasteiger partial charge in [-0.15, -0.1) is 0 Å². The Balaban J connectivity index is 2.59. The summed E-state index contributed by atoms with van der Waals surface area (Å²) in [6, 6.07) is 0.702. The molecule has 3 unspecified atom stereocenters. The molecule has 0 heterocycles. The van der Waals surface area contributed by atoms with Crippen LogP contribution >= 0.6 is 0 Å². The molecule has 1 rings (SSSR count). The molecule has 16 heavy (non-hydrogen) atoms. The quantitative estimate of drug-likeness (QED) is 0.802. The van der Waals surface area contributed by atoms with Crippen LogP contribution in [0.4, 0.5) is 0 Å². The third-order valence-electron chi connectivity index (χ3n) is 3.81. The zero-order valence-corrected chi connectivity index (χ0v) is 11.8. The van der Waals surface area contributed by atoms with Crippen molar-refractivity contribution in [3.8, 4) is 0 Å². The van der Waals surface area contributed by atoms with Crippen molar-refractivity contribution in [2.45, 2.75) is 53.0 Å². The molecule has 1 aliphatic carbocycles. The molecule has 1 aliphatic rings. The van der Waals surface area contributed by atoms with Gasteiger partial charge in [-0.25, -0.2) is 0 Å². The SMILES string of the molecule is CC1CCC(CN)C(N(C)CC(C)(C)C)C1. The van der Waals surface area contributed by atoms with Crippen LogP contribution in [0, 0.1) is 17.3 Å². The molecule has 0 amide bonds. The van der Waals surface area contributed by atoms with Crippen LogP contribution in [0.25, 0.3) is 0 Å². The number of nitrogens with two attached hydrogens (primary N) is 1. The van der Waals surface area contributed by atoms with Gasteiger partial charge in [-0.05, 0) is 43.7 Å². The topological polar surface area (TPSA) is 29.3 Å². The van der Waals surface area contributed by atoms with Gasteiger partial charge in [0, 0.05) is 12.6 Å². The lowest BCUT2D eigenvalue weighted by Gasteiger charge is -2.42. The molecule has 2 N–H and O–H groups in total. The molecule has 2 heteroatoms. The molecule has 0 bridgehead atoms. The van der Waals surface area contributed by atoms with Gasteiger partial charge < -0.3 is 10.6 Å². The van der Waals surface area contributed by atoms with E-state index >= 15 is 0 Å². The average molecular weight is 226 g/mol. The van der Waals surface area contributed by atoms with E-state index in [9.17, 15) is 0 Å². The monoisotopic (exact) mass is 226 g/mol. The molecule has 1 fully saturated rings. The van der Waals surface area contributed by atoms with Crippen molar-refractivity contribution >= 4 is 0 Å². The lowest BCUT2D eigenvalue weighted by atomic mass is 9.78. The minimum atomic E-state index is 0.384. The maximum absolute atomic E-state index is 5.91. The maximum Gasteiger partial charge on any atom is 0.0135 e. The zero-order valence-electron chi connectivity index (χ0n) is 11.8. The van der Waals surface area contributed by atoms with Gasteiger partial charge in [0.2, 0.25) is 0 Å². The van der Waals surface area contributed by atoms with Crippen LogP contribution in [0.2, 0.25) is 0 Å². The summed E-state index contributed by atoms with van der Waals surface area (Å²) >= 11 is 0. The van der Waals surface area contributed by atoms with Gasteiger partial charge in [-0.2, -0.15) is 0 Å². The lowest BCUT2D eigenvalue weighted by molar-refractivity contribution is 0.0808. The summed E-state index contributed by atoms with van der Waals surface area (Å²) < 4.78 is 0. The van der Waals surface area contributed by atoms with Crippen molar-refractivity contribution in [3.05, 3.63) is 0 Å². The van der Waals surface area contributed by atoms with E-state index in [1.165, 1.54) is 25.8 Å². The molecule has 3 atom stereocenters. The number of rotatable bonds is 3. The van der Waals surface area contributed by atoms with Gasteiger partial charge in [0.05, 0.1) is 0 Å². The summed E-state index contributed by atoms with van der Waals surface area (Å²) in [4.78, 5) is 2.55. The second-order valence-corrected chi connectivity index (χ2v) is 6.96. The first-order chi connectivity index (χ1) is 7.33. The summed E-state index contributed by atoms with van der Waals surface area (Å²) in [6.45, 7) is 11.3. The molecular weight excluding hydrogens is 196 g/mol. The van der Waals surface area contributed by atoms with Crippen molar-refractivity contribution in [1.82, 2.24) is 4.90 Å². The summed E-state index contributed by atoms with van der Waals surface area (Å²) in [5.41, 5.74) is 6.30. The Morgan fingerprint density at radius 1 is 1.25 bits per heavy atom. The number of hydrogen-bond donors (Lipinski definition) is 1. The largest absolute Gasteiger partial charge is 0.330 e. The number of nitrogens with zero attached hydrogens (tertiary/aromatic N) is 1. The zero-order chi connectivity index (χ0) is 12.3. The predicted octanol–water partition coefficient (Wildman–Crippen LogP) is 2.73. The van der Waals surface area contributed by atoms with Gasteiger partial charge in [-0.3, -0.25) is 0 Å². The second-order valence-electron chi connectivity index (χ2n) is 6.96. The van der Waals surface area contributed by atoms with E-state index in [0.717, 1.165) is 12.5 Å². The molecule has 0 saturated heterocycles. The normalized spacial score (nSPS) is 32.1.